The molecule has 2 amide bonds. The SMILES string of the molecule is COc1cc(CNC(=O)c2cccc(C)c2I)ccc1OCC(N)=O. The average molecular weight is 454 g/mol. The van der Waals surface area contributed by atoms with Crippen LogP contribution in [0.3, 0.4) is 0 Å². The maximum atomic E-state index is 12.4. The van der Waals surface area contributed by atoms with E-state index in [9.17, 15) is 9.59 Å². The fourth-order valence-electron chi connectivity index (χ4n) is 2.19. The first-order valence-corrected chi connectivity index (χ1v) is 8.61. The van der Waals surface area contributed by atoms with E-state index in [1.807, 2.05) is 19.1 Å². The Hall–Kier alpha value is -2.29. The van der Waals surface area contributed by atoms with Crippen molar-refractivity contribution in [2.75, 3.05) is 13.7 Å². The van der Waals surface area contributed by atoms with Gasteiger partial charge in [-0.3, -0.25) is 9.59 Å². The molecule has 0 saturated carbocycles. The Morgan fingerprint density at radius 1 is 1.20 bits per heavy atom. The molecule has 0 bridgehead atoms. The molecule has 3 N–H and O–H groups in total. The summed E-state index contributed by atoms with van der Waals surface area (Å²) in [7, 11) is 1.50. The van der Waals surface area contributed by atoms with Gasteiger partial charge in [-0.15, -0.1) is 0 Å². The molecule has 0 fully saturated rings. The number of nitrogens with two attached hydrogens (primary N) is 1. The van der Waals surface area contributed by atoms with Crippen molar-refractivity contribution in [3.8, 4) is 11.5 Å². The molecule has 0 heterocycles. The van der Waals surface area contributed by atoms with Crippen LogP contribution in [-0.4, -0.2) is 25.5 Å². The van der Waals surface area contributed by atoms with Crippen molar-refractivity contribution < 1.29 is 19.1 Å². The number of rotatable bonds is 7. The molecule has 0 radical (unpaired) electrons. The number of ether oxygens (including phenoxy) is 2. The van der Waals surface area contributed by atoms with Crippen LogP contribution in [0.5, 0.6) is 11.5 Å². The smallest absolute Gasteiger partial charge is 0.255 e. The average Bonchev–Trinajstić information content (AvgIpc) is 2.60. The predicted octanol–water partition coefficient (Wildman–Crippen LogP) is 2.40. The van der Waals surface area contributed by atoms with Crippen LogP contribution < -0.4 is 20.5 Å². The molecule has 0 aliphatic carbocycles. The summed E-state index contributed by atoms with van der Waals surface area (Å²) in [5, 5.41) is 2.89. The van der Waals surface area contributed by atoms with E-state index in [4.69, 9.17) is 15.2 Å². The minimum absolute atomic E-state index is 0.138. The number of hydrogen-bond acceptors (Lipinski definition) is 4. The molecule has 0 aliphatic rings. The summed E-state index contributed by atoms with van der Waals surface area (Å²) in [6, 6.07) is 10.8. The fourth-order valence-corrected chi connectivity index (χ4v) is 2.79. The van der Waals surface area contributed by atoms with Crippen LogP contribution in [-0.2, 0) is 11.3 Å². The van der Waals surface area contributed by atoms with Gasteiger partial charge in [0.2, 0.25) is 0 Å². The molecular weight excluding hydrogens is 435 g/mol. The monoisotopic (exact) mass is 454 g/mol. The third kappa shape index (κ3) is 5.09. The van der Waals surface area contributed by atoms with Gasteiger partial charge in [-0.05, 0) is 58.8 Å². The second-order valence-electron chi connectivity index (χ2n) is 5.36. The summed E-state index contributed by atoms with van der Waals surface area (Å²) in [5.41, 5.74) is 7.62. The summed E-state index contributed by atoms with van der Waals surface area (Å²) in [5.74, 6) is 0.190. The number of carbonyl (C=O) groups is 2. The molecule has 25 heavy (non-hydrogen) atoms. The highest BCUT2D eigenvalue weighted by Crippen LogP contribution is 2.28. The topological polar surface area (TPSA) is 90.7 Å². The van der Waals surface area contributed by atoms with Crippen molar-refractivity contribution in [3.63, 3.8) is 0 Å². The van der Waals surface area contributed by atoms with Gasteiger partial charge in [0.25, 0.3) is 11.8 Å². The second-order valence-corrected chi connectivity index (χ2v) is 6.44. The van der Waals surface area contributed by atoms with Crippen molar-refractivity contribution in [1.29, 1.82) is 0 Å². The molecule has 2 rings (SSSR count). The van der Waals surface area contributed by atoms with Crippen LogP contribution in [0.1, 0.15) is 21.5 Å². The van der Waals surface area contributed by atoms with Gasteiger partial charge in [0.05, 0.1) is 12.7 Å². The van der Waals surface area contributed by atoms with E-state index in [1.54, 1.807) is 24.3 Å². The van der Waals surface area contributed by atoms with Crippen LogP contribution in [0, 0.1) is 10.5 Å². The van der Waals surface area contributed by atoms with Gasteiger partial charge in [-0.2, -0.15) is 0 Å². The molecular formula is C18H19IN2O4. The van der Waals surface area contributed by atoms with Gasteiger partial charge in [-0.25, -0.2) is 0 Å². The standard InChI is InChI=1S/C18H19IN2O4/c1-11-4-3-5-13(17(11)19)18(23)21-9-12-6-7-14(15(8-12)24-2)25-10-16(20)22/h3-8H,9-10H2,1-2H3,(H2,20,22)(H,21,23). The summed E-state index contributed by atoms with van der Waals surface area (Å²) in [6.45, 7) is 2.09. The molecule has 0 aromatic heterocycles. The Labute approximate surface area is 159 Å². The zero-order valence-corrected chi connectivity index (χ0v) is 16.1. The van der Waals surface area contributed by atoms with Gasteiger partial charge in [0.15, 0.2) is 18.1 Å². The highest BCUT2D eigenvalue weighted by Gasteiger charge is 2.12. The Bertz CT molecular complexity index is 793. The van der Waals surface area contributed by atoms with Crippen molar-refractivity contribution >= 4 is 34.4 Å². The van der Waals surface area contributed by atoms with Crippen molar-refractivity contribution in [2.45, 2.75) is 13.5 Å². The van der Waals surface area contributed by atoms with Crippen LogP contribution >= 0.6 is 22.6 Å². The summed E-state index contributed by atoms with van der Waals surface area (Å²) in [4.78, 5) is 23.2. The first-order chi connectivity index (χ1) is 11.9. The van der Waals surface area contributed by atoms with Crippen molar-refractivity contribution in [1.82, 2.24) is 5.32 Å². The lowest BCUT2D eigenvalue weighted by Crippen LogP contribution is -2.24. The Balaban J connectivity index is 2.06. The van der Waals surface area contributed by atoms with Gasteiger partial charge < -0.3 is 20.5 Å². The normalized spacial score (nSPS) is 10.2. The van der Waals surface area contributed by atoms with E-state index in [0.29, 0.717) is 23.6 Å². The summed E-state index contributed by atoms with van der Waals surface area (Å²) >= 11 is 2.17. The number of hydrogen-bond donors (Lipinski definition) is 2. The summed E-state index contributed by atoms with van der Waals surface area (Å²) < 4.78 is 11.5. The molecule has 0 spiro atoms. The fraction of sp³-hybridized carbons (Fsp3) is 0.222. The van der Waals surface area contributed by atoms with Crippen LogP contribution in [0.15, 0.2) is 36.4 Å². The number of carbonyl (C=O) groups excluding carboxylic acids is 2. The largest absolute Gasteiger partial charge is 0.493 e. The lowest BCUT2D eigenvalue weighted by Gasteiger charge is -2.12. The van der Waals surface area contributed by atoms with Crippen molar-refractivity contribution in [3.05, 3.63) is 56.7 Å². The number of primary amides is 1. The third-order valence-corrected chi connectivity index (χ3v) is 4.92. The first kappa shape index (κ1) is 19.0. The summed E-state index contributed by atoms with van der Waals surface area (Å²) in [6.07, 6.45) is 0. The predicted molar refractivity (Wildman–Crippen MR) is 103 cm³/mol. The molecule has 2 aromatic carbocycles. The van der Waals surface area contributed by atoms with E-state index in [1.165, 1.54) is 7.11 Å². The zero-order valence-electron chi connectivity index (χ0n) is 14.0. The van der Waals surface area contributed by atoms with E-state index in [-0.39, 0.29) is 12.5 Å². The molecule has 0 saturated heterocycles. The number of aryl methyl sites for hydroxylation is 1. The Kier molecular flexibility index (Phi) is 6.63. The van der Waals surface area contributed by atoms with Gasteiger partial charge in [0.1, 0.15) is 0 Å². The Morgan fingerprint density at radius 3 is 2.64 bits per heavy atom. The van der Waals surface area contributed by atoms with Crippen LogP contribution in [0.4, 0.5) is 0 Å². The quantitative estimate of drug-likeness (QED) is 0.629. The zero-order chi connectivity index (χ0) is 18.4. The maximum absolute atomic E-state index is 12.4. The molecule has 0 aliphatic heterocycles. The van der Waals surface area contributed by atoms with Gasteiger partial charge in [0, 0.05) is 10.1 Å². The molecule has 132 valence electrons. The van der Waals surface area contributed by atoms with E-state index in [0.717, 1.165) is 14.7 Å². The van der Waals surface area contributed by atoms with Gasteiger partial charge >= 0.3 is 0 Å². The molecule has 6 nitrogen and oxygen atoms in total. The van der Waals surface area contributed by atoms with Crippen LogP contribution in [0.2, 0.25) is 0 Å². The molecule has 2 aromatic rings. The highest BCUT2D eigenvalue weighted by atomic mass is 127. The molecule has 7 heteroatoms. The first-order valence-electron chi connectivity index (χ1n) is 7.53. The number of halogens is 1. The second kappa shape index (κ2) is 8.70. The lowest BCUT2D eigenvalue weighted by molar-refractivity contribution is -0.119. The van der Waals surface area contributed by atoms with Crippen molar-refractivity contribution in [2.24, 2.45) is 5.73 Å². The third-order valence-electron chi connectivity index (χ3n) is 3.49. The number of benzene rings is 2. The Morgan fingerprint density at radius 2 is 1.96 bits per heavy atom. The van der Waals surface area contributed by atoms with Crippen LogP contribution in [0.25, 0.3) is 0 Å². The van der Waals surface area contributed by atoms with E-state index >= 15 is 0 Å². The van der Waals surface area contributed by atoms with E-state index < -0.39 is 5.91 Å². The lowest BCUT2D eigenvalue weighted by atomic mass is 10.1. The molecule has 0 unspecified atom stereocenters. The molecule has 0 atom stereocenters. The minimum atomic E-state index is -0.564. The highest BCUT2D eigenvalue weighted by molar-refractivity contribution is 14.1. The van der Waals surface area contributed by atoms with E-state index in [2.05, 4.69) is 27.9 Å². The number of nitrogens with one attached hydrogen (secondary N) is 1. The van der Waals surface area contributed by atoms with Gasteiger partial charge in [-0.1, -0.05) is 18.2 Å². The number of methoxy groups -OCH3 is 1. The minimum Gasteiger partial charge on any atom is -0.493 e. The maximum Gasteiger partial charge on any atom is 0.255 e. The number of amides is 2.